The monoisotopic (exact) mass is 636 g/mol. The average Bonchev–Trinajstić information content (AvgIpc) is 3.07. The van der Waals surface area contributed by atoms with Crippen LogP contribution in [0.3, 0.4) is 0 Å². The third-order valence-electron chi connectivity index (χ3n) is 9.05. The summed E-state index contributed by atoms with van der Waals surface area (Å²) in [5.41, 5.74) is 10.7. The zero-order chi connectivity index (χ0) is 31.9. The highest BCUT2D eigenvalue weighted by atomic mass is 35.5. The normalized spacial score (nSPS) is 20.6. The van der Waals surface area contributed by atoms with Gasteiger partial charge in [0.15, 0.2) is 0 Å². The zero-order valence-corrected chi connectivity index (χ0v) is 27.3. The van der Waals surface area contributed by atoms with Gasteiger partial charge in [0.05, 0.1) is 36.1 Å². The third kappa shape index (κ3) is 7.24. The molecule has 6 rings (SSSR count). The van der Waals surface area contributed by atoms with Crippen LogP contribution in [0.2, 0.25) is 5.02 Å². The number of nitrogens with zero attached hydrogens (tertiary/aromatic N) is 3. The summed E-state index contributed by atoms with van der Waals surface area (Å²) in [4.78, 5) is 13.5. The maximum Gasteiger partial charge on any atom is 0.110 e. The van der Waals surface area contributed by atoms with Crippen molar-refractivity contribution < 1.29 is 14.6 Å². The molecule has 2 aromatic carbocycles. The van der Waals surface area contributed by atoms with E-state index in [0.29, 0.717) is 19.8 Å². The van der Waals surface area contributed by atoms with E-state index < -0.39 is 6.10 Å². The molecule has 8 heteroatoms. The van der Waals surface area contributed by atoms with Crippen LogP contribution in [-0.4, -0.2) is 59.1 Å². The first-order chi connectivity index (χ1) is 22.5. The Labute approximate surface area is 276 Å². The molecule has 2 atom stereocenters. The second-order valence-corrected chi connectivity index (χ2v) is 12.3. The molecule has 0 spiro atoms. The molecule has 1 saturated heterocycles. The lowest BCUT2D eigenvalue weighted by molar-refractivity contribution is -0.0269. The van der Waals surface area contributed by atoms with Crippen molar-refractivity contribution in [2.75, 3.05) is 26.9 Å². The Hall–Kier alpha value is -3.88. The molecular weight excluding hydrogens is 596 g/mol. The summed E-state index contributed by atoms with van der Waals surface area (Å²) in [7, 11) is 1.73. The number of aliphatic hydroxyl groups is 1. The lowest BCUT2D eigenvalue weighted by Crippen LogP contribution is -2.47. The Morgan fingerprint density at radius 2 is 1.80 bits per heavy atom. The second-order valence-electron chi connectivity index (χ2n) is 11.9. The van der Waals surface area contributed by atoms with Crippen LogP contribution in [0.15, 0.2) is 90.6 Å². The lowest BCUT2D eigenvalue weighted by atomic mass is 9.91. The van der Waals surface area contributed by atoms with E-state index in [1.807, 2.05) is 12.3 Å². The number of methoxy groups -OCH3 is 1. The minimum atomic E-state index is -0.507. The van der Waals surface area contributed by atoms with Gasteiger partial charge < -0.3 is 19.9 Å². The SMILES string of the molecule is COC1=C(CN[C@@H]2CCOC[C@@H]2O)/C=C\C(c2cccc(-c3cccc(CCCc4nccc5nccnc45)c3C)c2Cl)=C/CC1. The number of halogens is 1. The fraction of sp³-hybridized carbons (Fsp3) is 0.342. The molecule has 3 heterocycles. The number of ether oxygens (including phenoxy) is 2. The number of benzene rings is 2. The molecular formula is C38H41ClN4O3. The molecule has 1 fully saturated rings. The molecule has 0 unspecified atom stereocenters. The molecule has 2 aromatic heterocycles. The van der Waals surface area contributed by atoms with Crippen LogP contribution in [0.1, 0.15) is 48.1 Å². The van der Waals surface area contributed by atoms with E-state index in [2.05, 4.69) is 81.8 Å². The van der Waals surface area contributed by atoms with Gasteiger partial charge in [0.25, 0.3) is 0 Å². The van der Waals surface area contributed by atoms with E-state index in [-0.39, 0.29) is 6.04 Å². The van der Waals surface area contributed by atoms with Crippen molar-refractivity contribution in [2.45, 2.75) is 57.6 Å². The van der Waals surface area contributed by atoms with Crippen LogP contribution in [-0.2, 0) is 22.3 Å². The van der Waals surface area contributed by atoms with Crippen molar-refractivity contribution >= 4 is 28.2 Å². The fourth-order valence-corrected chi connectivity index (χ4v) is 6.79. The standard InChI is InChI=1S/C38H41ClN4O3/c1-25-26(8-4-13-33-38-34(17-19-40-33)41-20-21-42-38)7-3-10-29(25)31-12-6-11-30(37(31)39)27-9-5-14-36(45-2)28(16-15-27)23-43-32-18-22-46-24-35(32)44/h3,6-7,9-12,15-17,19-21,32,35,43-44H,4-5,8,13-14,18,22-24H2,1-2H3/b16-15-,27-9+,36-28?/t32-,35+/m1/s1. The summed E-state index contributed by atoms with van der Waals surface area (Å²) in [6.45, 7) is 3.82. The summed E-state index contributed by atoms with van der Waals surface area (Å²) in [5.74, 6) is 0.956. The topological polar surface area (TPSA) is 89.4 Å². The molecule has 46 heavy (non-hydrogen) atoms. The van der Waals surface area contributed by atoms with Crippen LogP contribution in [0.25, 0.3) is 27.7 Å². The molecule has 238 valence electrons. The molecule has 0 bridgehead atoms. The van der Waals surface area contributed by atoms with E-state index >= 15 is 0 Å². The van der Waals surface area contributed by atoms with Gasteiger partial charge in [0.1, 0.15) is 11.3 Å². The van der Waals surface area contributed by atoms with Crippen molar-refractivity contribution in [2.24, 2.45) is 0 Å². The van der Waals surface area contributed by atoms with Gasteiger partial charge in [-0.3, -0.25) is 15.0 Å². The highest BCUT2D eigenvalue weighted by molar-refractivity contribution is 6.35. The summed E-state index contributed by atoms with van der Waals surface area (Å²) in [6.07, 6.45) is 16.4. The first kappa shape index (κ1) is 32.1. The third-order valence-corrected chi connectivity index (χ3v) is 9.46. The van der Waals surface area contributed by atoms with E-state index in [1.54, 1.807) is 19.5 Å². The first-order valence-corrected chi connectivity index (χ1v) is 16.5. The van der Waals surface area contributed by atoms with Crippen LogP contribution in [0.5, 0.6) is 0 Å². The molecule has 7 nitrogen and oxygen atoms in total. The smallest absolute Gasteiger partial charge is 0.110 e. The molecule has 0 radical (unpaired) electrons. The number of fused-ring (bicyclic) bond motifs is 1. The number of aliphatic hydroxyl groups excluding tert-OH is 1. The summed E-state index contributed by atoms with van der Waals surface area (Å²) >= 11 is 7.22. The van der Waals surface area contributed by atoms with Crippen molar-refractivity contribution in [1.82, 2.24) is 20.3 Å². The van der Waals surface area contributed by atoms with Crippen LogP contribution in [0.4, 0.5) is 0 Å². The van der Waals surface area contributed by atoms with Gasteiger partial charge in [0.2, 0.25) is 0 Å². The fourth-order valence-electron chi connectivity index (χ4n) is 6.45. The number of rotatable bonds is 10. The van der Waals surface area contributed by atoms with Gasteiger partial charge in [-0.1, -0.05) is 66.2 Å². The lowest BCUT2D eigenvalue weighted by Gasteiger charge is -2.29. The largest absolute Gasteiger partial charge is 0.501 e. The minimum absolute atomic E-state index is 0.00235. The van der Waals surface area contributed by atoms with Crippen molar-refractivity contribution in [1.29, 1.82) is 0 Å². The van der Waals surface area contributed by atoms with Gasteiger partial charge in [0, 0.05) is 60.9 Å². The Kier molecular flexibility index (Phi) is 10.6. The van der Waals surface area contributed by atoms with E-state index in [9.17, 15) is 5.11 Å². The van der Waals surface area contributed by atoms with E-state index in [0.717, 1.165) is 93.9 Å². The number of pyridine rings is 1. The molecule has 1 aliphatic heterocycles. The van der Waals surface area contributed by atoms with Crippen molar-refractivity contribution in [3.05, 3.63) is 118 Å². The molecule has 0 amide bonds. The van der Waals surface area contributed by atoms with Crippen molar-refractivity contribution in [3.8, 4) is 11.1 Å². The zero-order valence-electron chi connectivity index (χ0n) is 26.5. The van der Waals surface area contributed by atoms with Gasteiger partial charge in [-0.15, -0.1) is 0 Å². The second kappa shape index (κ2) is 15.1. The van der Waals surface area contributed by atoms with Crippen LogP contribution in [0, 0.1) is 6.92 Å². The summed E-state index contributed by atoms with van der Waals surface area (Å²) < 4.78 is 11.2. The maximum atomic E-state index is 10.3. The first-order valence-electron chi connectivity index (χ1n) is 16.1. The number of aromatic nitrogens is 3. The van der Waals surface area contributed by atoms with Gasteiger partial charge in [-0.2, -0.15) is 0 Å². The average molecular weight is 637 g/mol. The van der Waals surface area contributed by atoms with E-state index in [4.69, 9.17) is 21.1 Å². The van der Waals surface area contributed by atoms with Crippen LogP contribution >= 0.6 is 11.6 Å². The molecule has 2 aliphatic rings. The van der Waals surface area contributed by atoms with Crippen molar-refractivity contribution in [3.63, 3.8) is 0 Å². The molecule has 2 N–H and O–H groups in total. The Morgan fingerprint density at radius 3 is 2.67 bits per heavy atom. The molecule has 1 aliphatic carbocycles. The van der Waals surface area contributed by atoms with Crippen LogP contribution < -0.4 is 5.32 Å². The number of hydrogen-bond donors (Lipinski definition) is 2. The Balaban J connectivity index is 1.19. The minimum Gasteiger partial charge on any atom is -0.501 e. The predicted molar refractivity (Wildman–Crippen MR) is 185 cm³/mol. The van der Waals surface area contributed by atoms with Gasteiger partial charge in [-0.05, 0) is 67.4 Å². The summed E-state index contributed by atoms with van der Waals surface area (Å²) in [6, 6.07) is 14.7. The number of allylic oxidation sites excluding steroid dienone is 4. The summed E-state index contributed by atoms with van der Waals surface area (Å²) in [5, 5.41) is 14.6. The molecule has 0 saturated carbocycles. The number of hydrogen-bond acceptors (Lipinski definition) is 7. The Bertz CT molecular complexity index is 1780. The Morgan fingerprint density at radius 1 is 0.978 bits per heavy atom. The van der Waals surface area contributed by atoms with E-state index in [1.165, 1.54) is 11.1 Å². The number of aryl methyl sites for hydroxylation is 2. The highest BCUT2D eigenvalue weighted by Crippen LogP contribution is 2.38. The molecule has 4 aromatic rings. The number of nitrogens with one attached hydrogen (secondary N) is 1. The predicted octanol–water partition coefficient (Wildman–Crippen LogP) is 7.20. The quantitative estimate of drug-likeness (QED) is 0.190. The van der Waals surface area contributed by atoms with Gasteiger partial charge in [-0.25, -0.2) is 0 Å². The maximum absolute atomic E-state index is 10.3. The van der Waals surface area contributed by atoms with Gasteiger partial charge >= 0.3 is 0 Å². The highest BCUT2D eigenvalue weighted by Gasteiger charge is 2.24.